The third-order valence-electron chi connectivity index (χ3n) is 3.48. The van der Waals surface area contributed by atoms with Gasteiger partial charge in [0.25, 0.3) is 0 Å². The SMILES string of the molecule is CC(NC(=O)CC1CS(=O)(=O)CCN1)c1ccc(F)cc1. The summed E-state index contributed by atoms with van der Waals surface area (Å²) in [5, 5.41) is 5.83. The van der Waals surface area contributed by atoms with Crippen molar-refractivity contribution in [2.75, 3.05) is 18.1 Å². The third kappa shape index (κ3) is 4.78. The zero-order valence-corrected chi connectivity index (χ0v) is 12.6. The number of sulfone groups is 1. The Morgan fingerprint density at radius 2 is 2.10 bits per heavy atom. The van der Waals surface area contributed by atoms with Crippen molar-refractivity contribution in [2.45, 2.75) is 25.4 Å². The van der Waals surface area contributed by atoms with Crippen molar-refractivity contribution in [3.63, 3.8) is 0 Å². The van der Waals surface area contributed by atoms with Gasteiger partial charge >= 0.3 is 0 Å². The van der Waals surface area contributed by atoms with Gasteiger partial charge in [-0.2, -0.15) is 0 Å². The molecule has 1 aromatic carbocycles. The van der Waals surface area contributed by atoms with Crippen LogP contribution in [0.1, 0.15) is 24.9 Å². The van der Waals surface area contributed by atoms with E-state index in [0.29, 0.717) is 6.54 Å². The van der Waals surface area contributed by atoms with Crippen molar-refractivity contribution in [1.82, 2.24) is 10.6 Å². The van der Waals surface area contributed by atoms with Crippen LogP contribution >= 0.6 is 0 Å². The summed E-state index contributed by atoms with van der Waals surface area (Å²) in [7, 11) is -3.05. The van der Waals surface area contributed by atoms with E-state index in [-0.39, 0.29) is 41.7 Å². The second-order valence-electron chi connectivity index (χ2n) is 5.31. The Balaban J connectivity index is 1.88. The monoisotopic (exact) mass is 314 g/mol. The average Bonchev–Trinajstić information content (AvgIpc) is 2.37. The number of benzene rings is 1. The average molecular weight is 314 g/mol. The van der Waals surface area contributed by atoms with Crippen molar-refractivity contribution >= 4 is 15.7 Å². The zero-order chi connectivity index (χ0) is 15.5. The fourth-order valence-corrected chi connectivity index (χ4v) is 3.80. The first-order valence-electron chi connectivity index (χ1n) is 6.84. The van der Waals surface area contributed by atoms with Crippen LogP contribution in [0.3, 0.4) is 0 Å². The van der Waals surface area contributed by atoms with Crippen LogP contribution in [0.25, 0.3) is 0 Å². The summed E-state index contributed by atoms with van der Waals surface area (Å²) in [4.78, 5) is 12.0. The summed E-state index contributed by atoms with van der Waals surface area (Å²) in [6, 6.07) is 5.32. The number of carbonyl (C=O) groups is 1. The van der Waals surface area contributed by atoms with Crippen LogP contribution in [0, 0.1) is 5.82 Å². The van der Waals surface area contributed by atoms with Crippen LogP contribution in [-0.4, -0.2) is 38.4 Å². The lowest BCUT2D eigenvalue weighted by molar-refractivity contribution is -0.122. The summed E-state index contributed by atoms with van der Waals surface area (Å²) >= 11 is 0. The molecule has 0 aliphatic carbocycles. The van der Waals surface area contributed by atoms with E-state index < -0.39 is 9.84 Å². The van der Waals surface area contributed by atoms with Gasteiger partial charge in [-0.05, 0) is 24.6 Å². The molecule has 7 heteroatoms. The summed E-state index contributed by atoms with van der Waals surface area (Å²) < 4.78 is 35.9. The van der Waals surface area contributed by atoms with Gasteiger partial charge < -0.3 is 10.6 Å². The van der Waals surface area contributed by atoms with Gasteiger partial charge in [0.15, 0.2) is 9.84 Å². The van der Waals surface area contributed by atoms with Crippen LogP contribution in [0.5, 0.6) is 0 Å². The molecule has 2 unspecified atom stereocenters. The van der Waals surface area contributed by atoms with Crippen LogP contribution in [-0.2, 0) is 14.6 Å². The van der Waals surface area contributed by atoms with Crippen LogP contribution in [0.2, 0.25) is 0 Å². The number of amides is 1. The minimum atomic E-state index is -3.05. The molecule has 0 saturated carbocycles. The predicted octanol–water partition coefficient (Wildman–Crippen LogP) is 0.780. The van der Waals surface area contributed by atoms with E-state index in [1.165, 1.54) is 12.1 Å². The molecule has 1 heterocycles. The topological polar surface area (TPSA) is 75.3 Å². The highest BCUT2D eigenvalue weighted by Gasteiger charge is 2.26. The highest BCUT2D eigenvalue weighted by molar-refractivity contribution is 7.91. The first-order valence-corrected chi connectivity index (χ1v) is 8.66. The van der Waals surface area contributed by atoms with Gasteiger partial charge in [0, 0.05) is 19.0 Å². The third-order valence-corrected chi connectivity index (χ3v) is 5.22. The number of hydrogen-bond acceptors (Lipinski definition) is 4. The van der Waals surface area contributed by atoms with Crippen LogP contribution in [0.15, 0.2) is 24.3 Å². The molecule has 0 aromatic heterocycles. The molecule has 5 nitrogen and oxygen atoms in total. The standard InChI is InChI=1S/C14H19FN2O3S/c1-10(11-2-4-12(15)5-3-11)17-14(18)8-13-9-21(19,20)7-6-16-13/h2-5,10,13,16H,6-9H2,1H3,(H,17,18). The molecule has 116 valence electrons. The van der Waals surface area contributed by atoms with Gasteiger partial charge in [-0.15, -0.1) is 0 Å². The van der Waals surface area contributed by atoms with E-state index in [0.717, 1.165) is 5.56 Å². The number of carbonyl (C=O) groups excluding carboxylic acids is 1. The molecule has 0 spiro atoms. The normalized spacial score (nSPS) is 22.5. The molecular formula is C14H19FN2O3S. The van der Waals surface area contributed by atoms with E-state index in [9.17, 15) is 17.6 Å². The van der Waals surface area contributed by atoms with Crippen LogP contribution < -0.4 is 10.6 Å². The summed E-state index contributed by atoms with van der Waals surface area (Å²) in [6.45, 7) is 2.18. The van der Waals surface area contributed by atoms with E-state index in [2.05, 4.69) is 10.6 Å². The second-order valence-corrected chi connectivity index (χ2v) is 7.54. The van der Waals surface area contributed by atoms with Gasteiger partial charge in [0.2, 0.25) is 5.91 Å². The summed E-state index contributed by atoms with van der Waals surface area (Å²) in [5.74, 6) is -0.432. The van der Waals surface area contributed by atoms with Gasteiger partial charge in [-0.1, -0.05) is 12.1 Å². The summed E-state index contributed by atoms with van der Waals surface area (Å²) in [6.07, 6.45) is 0.116. The maximum atomic E-state index is 12.8. The Bertz CT molecular complexity index is 601. The molecule has 2 atom stereocenters. The Hall–Kier alpha value is -1.47. The van der Waals surface area contributed by atoms with E-state index in [4.69, 9.17) is 0 Å². The minimum absolute atomic E-state index is 0.00858. The van der Waals surface area contributed by atoms with Crippen molar-refractivity contribution in [1.29, 1.82) is 0 Å². The predicted molar refractivity (Wildman–Crippen MR) is 78.0 cm³/mol. The van der Waals surface area contributed by atoms with E-state index in [1.807, 2.05) is 0 Å². The molecular weight excluding hydrogens is 295 g/mol. The number of halogens is 1. The quantitative estimate of drug-likeness (QED) is 0.861. The molecule has 0 radical (unpaired) electrons. The number of rotatable bonds is 4. The Morgan fingerprint density at radius 1 is 1.43 bits per heavy atom. The van der Waals surface area contributed by atoms with Gasteiger partial charge in [-0.3, -0.25) is 4.79 Å². The van der Waals surface area contributed by atoms with E-state index in [1.54, 1.807) is 19.1 Å². The van der Waals surface area contributed by atoms with Crippen LogP contribution in [0.4, 0.5) is 4.39 Å². The molecule has 1 amide bonds. The van der Waals surface area contributed by atoms with Crippen molar-refractivity contribution in [3.8, 4) is 0 Å². The van der Waals surface area contributed by atoms with E-state index >= 15 is 0 Å². The minimum Gasteiger partial charge on any atom is -0.350 e. The maximum Gasteiger partial charge on any atom is 0.222 e. The van der Waals surface area contributed by atoms with Crippen molar-refractivity contribution < 1.29 is 17.6 Å². The molecule has 0 bridgehead atoms. The highest BCUT2D eigenvalue weighted by Crippen LogP contribution is 2.13. The molecule has 1 aliphatic rings. The zero-order valence-electron chi connectivity index (χ0n) is 11.8. The maximum absolute atomic E-state index is 12.8. The fourth-order valence-electron chi connectivity index (χ4n) is 2.36. The van der Waals surface area contributed by atoms with Crippen molar-refractivity contribution in [3.05, 3.63) is 35.6 Å². The lowest BCUT2D eigenvalue weighted by Crippen LogP contribution is -2.47. The second kappa shape index (κ2) is 6.53. The highest BCUT2D eigenvalue weighted by atomic mass is 32.2. The fraction of sp³-hybridized carbons (Fsp3) is 0.500. The molecule has 1 aliphatic heterocycles. The number of hydrogen-bond donors (Lipinski definition) is 2. The molecule has 1 fully saturated rings. The Labute approximate surface area is 123 Å². The summed E-state index contributed by atoms with van der Waals surface area (Å²) in [5.41, 5.74) is 0.800. The Kier molecular flexibility index (Phi) is 4.95. The molecule has 1 saturated heterocycles. The smallest absolute Gasteiger partial charge is 0.222 e. The Morgan fingerprint density at radius 3 is 2.71 bits per heavy atom. The molecule has 2 N–H and O–H groups in total. The molecule has 2 rings (SSSR count). The van der Waals surface area contributed by atoms with Gasteiger partial charge in [-0.25, -0.2) is 12.8 Å². The number of nitrogens with one attached hydrogen (secondary N) is 2. The largest absolute Gasteiger partial charge is 0.350 e. The van der Waals surface area contributed by atoms with Crippen molar-refractivity contribution in [2.24, 2.45) is 0 Å². The van der Waals surface area contributed by atoms with Gasteiger partial charge in [0.1, 0.15) is 5.82 Å². The molecule has 1 aromatic rings. The first-order chi connectivity index (χ1) is 9.85. The molecule has 21 heavy (non-hydrogen) atoms. The lowest BCUT2D eigenvalue weighted by atomic mass is 10.1. The van der Waals surface area contributed by atoms with Gasteiger partial charge in [0.05, 0.1) is 17.5 Å². The first kappa shape index (κ1) is 15.9. The lowest BCUT2D eigenvalue weighted by Gasteiger charge is -2.24.